The van der Waals surface area contributed by atoms with Gasteiger partial charge >= 0.3 is 0 Å². The molecule has 1 aromatic rings. The summed E-state index contributed by atoms with van der Waals surface area (Å²) in [7, 11) is 0. The van der Waals surface area contributed by atoms with E-state index in [9.17, 15) is 9.18 Å². The van der Waals surface area contributed by atoms with E-state index in [4.69, 9.17) is 11.6 Å². The summed E-state index contributed by atoms with van der Waals surface area (Å²) in [5.74, 6) is -0.880. The highest BCUT2D eigenvalue weighted by molar-refractivity contribution is 6.30. The minimum absolute atomic E-state index is 0. The summed E-state index contributed by atoms with van der Waals surface area (Å²) in [6.07, 6.45) is 0. The second kappa shape index (κ2) is 8.28. The first-order chi connectivity index (χ1) is 7.65. The zero-order valence-electron chi connectivity index (χ0n) is 9.43. The normalized spacial score (nSPS) is 9.59. The highest BCUT2D eigenvalue weighted by atomic mass is 35.5. The van der Waals surface area contributed by atoms with E-state index in [2.05, 4.69) is 10.6 Å². The molecule has 0 unspecified atom stereocenters. The molecule has 0 aliphatic heterocycles. The molecule has 0 aromatic heterocycles. The number of rotatable bonds is 5. The van der Waals surface area contributed by atoms with Gasteiger partial charge in [0.25, 0.3) is 5.91 Å². The number of hydrogen-bond donors (Lipinski definition) is 2. The molecule has 1 aromatic carbocycles. The Bertz CT molecular complexity index is 374. The number of hydrogen-bond acceptors (Lipinski definition) is 2. The van der Waals surface area contributed by atoms with Crippen molar-refractivity contribution in [1.29, 1.82) is 0 Å². The third-order valence-electron chi connectivity index (χ3n) is 2.02. The van der Waals surface area contributed by atoms with Crippen LogP contribution >= 0.6 is 24.0 Å². The maximum atomic E-state index is 13.1. The molecular formula is C11H15Cl2FN2O. The maximum absolute atomic E-state index is 13.1. The topological polar surface area (TPSA) is 41.1 Å². The van der Waals surface area contributed by atoms with Crippen LogP contribution in [-0.4, -0.2) is 25.5 Å². The second-order valence-corrected chi connectivity index (χ2v) is 3.65. The Balaban J connectivity index is 0.00000256. The first-order valence-corrected chi connectivity index (χ1v) is 5.47. The van der Waals surface area contributed by atoms with Gasteiger partial charge in [-0.25, -0.2) is 4.39 Å². The molecule has 0 aliphatic rings. The van der Waals surface area contributed by atoms with E-state index in [-0.39, 0.29) is 28.9 Å². The quantitative estimate of drug-likeness (QED) is 0.813. The lowest BCUT2D eigenvalue weighted by molar-refractivity contribution is 0.0953. The van der Waals surface area contributed by atoms with Gasteiger partial charge in [0.1, 0.15) is 5.82 Å². The molecular weight excluding hydrogens is 266 g/mol. The number of carbonyl (C=O) groups is 1. The van der Waals surface area contributed by atoms with Gasteiger partial charge in [0, 0.05) is 18.7 Å². The Labute approximate surface area is 111 Å². The number of likely N-dealkylation sites (N-methyl/N-ethyl adjacent to an activating group) is 1. The number of benzene rings is 1. The van der Waals surface area contributed by atoms with Crippen molar-refractivity contribution in [2.45, 2.75) is 6.92 Å². The maximum Gasteiger partial charge on any atom is 0.251 e. The molecule has 0 spiro atoms. The van der Waals surface area contributed by atoms with Crippen LogP contribution in [0, 0.1) is 5.82 Å². The van der Waals surface area contributed by atoms with Crippen molar-refractivity contribution < 1.29 is 9.18 Å². The molecule has 3 nitrogen and oxygen atoms in total. The van der Waals surface area contributed by atoms with E-state index in [1.807, 2.05) is 6.92 Å². The SMILES string of the molecule is CCNCCNC(=O)c1ccc(Cl)c(F)c1.Cl. The van der Waals surface area contributed by atoms with Crippen molar-refractivity contribution in [1.82, 2.24) is 10.6 Å². The highest BCUT2D eigenvalue weighted by Gasteiger charge is 2.07. The average Bonchev–Trinajstić information content (AvgIpc) is 2.28. The fourth-order valence-corrected chi connectivity index (χ4v) is 1.30. The molecule has 1 amide bonds. The predicted octanol–water partition coefficient (Wildman–Crippen LogP) is 2.24. The number of nitrogens with one attached hydrogen (secondary N) is 2. The van der Waals surface area contributed by atoms with Gasteiger partial charge < -0.3 is 10.6 Å². The van der Waals surface area contributed by atoms with Crippen LogP contribution in [0.4, 0.5) is 4.39 Å². The van der Waals surface area contributed by atoms with Crippen LogP contribution in [0.3, 0.4) is 0 Å². The summed E-state index contributed by atoms with van der Waals surface area (Å²) in [6.45, 7) is 4.04. The molecule has 6 heteroatoms. The molecule has 0 saturated carbocycles. The van der Waals surface area contributed by atoms with E-state index in [0.717, 1.165) is 12.6 Å². The van der Waals surface area contributed by atoms with Crippen LogP contribution in [0.15, 0.2) is 18.2 Å². The van der Waals surface area contributed by atoms with Gasteiger partial charge in [0.2, 0.25) is 0 Å². The minimum Gasteiger partial charge on any atom is -0.351 e. The molecule has 0 fully saturated rings. The van der Waals surface area contributed by atoms with Crippen LogP contribution in [0.5, 0.6) is 0 Å². The number of halogens is 3. The largest absolute Gasteiger partial charge is 0.351 e. The number of amides is 1. The first-order valence-electron chi connectivity index (χ1n) is 5.09. The Morgan fingerprint density at radius 2 is 2.12 bits per heavy atom. The van der Waals surface area contributed by atoms with Crippen molar-refractivity contribution in [2.75, 3.05) is 19.6 Å². The monoisotopic (exact) mass is 280 g/mol. The summed E-state index contributed by atoms with van der Waals surface area (Å²) < 4.78 is 13.1. The van der Waals surface area contributed by atoms with Crippen LogP contribution in [0.1, 0.15) is 17.3 Å². The van der Waals surface area contributed by atoms with E-state index in [1.165, 1.54) is 12.1 Å². The average molecular weight is 281 g/mol. The molecule has 1 rings (SSSR count). The van der Waals surface area contributed by atoms with Crippen molar-refractivity contribution in [3.8, 4) is 0 Å². The Morgan fingerprint density at radius 3 is 2.71 bits per heavy atom. The molecule has 0 atom stereocenters. The summed E-state index contributed by atoms with van der Waals surface area (Å²) in [4.78, 5) is 11.5. The molecule has 96 valence electrons. The molecule has 17 heavy (non-hydrogen) atoms. The van der Waals surface area contributed by atoms with Gasteiger partial charge in [0.15, 0.2) is 0 Å². The van der Waals surface area contributed by atoms with Gasteiger partial charge in [-0.2, -0.15) is 0 Å². The van der Waals surface area contributed by atoms with E-state index in [0.29, 0.717) is 13.1 Å². The summed E-state index contributed by atoms with van der Waals surface area (Å²) >= 11 is 5.51. The molecule has 0 aliphatic carbocycles. The van der Waals surface area contributed by atoms with E-state index in [1.54, 1.807) is 0 Å². The molecule has 2 N–H and O–H groups in total. The Morgan fingerprint density at radius 1 is 1.41 bits per heavy atom. The highest BCUT2D eigenvalue weighted by Crippen LogP contribution is 2.15. The van der Waals surface area contributed by atoms with E-state index >= 15 is 0 Å². The standard InChI is InChI=1S/C11H14ClFN2O.ClH/c1-2-14-5-6-15-11(16)8-3-4-9(12)10(13)7-8;/h3-4,7,14H,2,5-6H2,1H3,(H,15,16);1H. The lowest BCUT2D eigenvalue weighted by Gasteiger charge is -2.05. The number of carbonyl (C=O) groups excluding carboxylic acids is 1. The Kier molecular flexibility index (Phi) is 7.87. The van der Waals surface area contributed by atoms with Crippen LogP contribution < -0.4 is 10.6 Å². The predicted molar refractivity (Wildman–Crippen MR) is 69.5 cm³/mol. The third kappa shape index (κ3) is 5.35. The molecule has 0 bridgehead atoms. The van der Waals surface area contributed by atoms with Crippen molar-refractivity contribution >= 4 is 29.9 Å². The van der Waals surface area contributed by atoms with E-state index < -0.39 is 5.82 Å². The summed E-state index contributed by atoms with van der Waals surface area (Å²) in [5.41, 5.74) is 0.276. The first kappa shape index (κ1) is 16.2. The molecule has 0 heterocycles. The van der Waals surface area contributed by atoms with Crippen molar-refractivity contribution in [3.05, 3.63) is 34.6 Å². The van der Waals surface area contributed by atoms with Gasteiger partial charge in [-0.05, 0) is 24.7 Å². The van der Waals surface area contributed by atoms with Gasteiger partial charge in [0.05, 0.1) is 5.02 Å². The summed E-state index contributed by atoms with van der Waals surface area (Å²) in [5, 5.41) is 5.75. The van der Waals surface area contributed by atoms with Crippen LogP contribution in [-0.2, 0) is 0 Å². The summed E-state index contributed by atoms with van der Waals surface area (Å²) in [6, 6.07) is 4.00. The van der Waals surface area contributed by atoms with Crippen molar-refractivity contribution in [2.24, 2.45) is 0 Å². The van der Waals surface area contributed by atoms with Gasteiger partial charge in [-0.1, -0.05) is 18.5 Å². The van der Waals surface area contributed by atoms with Crippen LogP contribution in [0.2, 0.25) is 5.02 Å². The molecule has 0 saturated heterocycles. The smallest absolute Gasteiger partial charge is 0.251 e. The minimum atomic E-state index is -0.582. The second-order valence-electron chi connectivity index (χ2n) is 3.24. The zero-order valence-corrected chi connectivity index (χ0v) is 11.0. The van der Waals surface area contributed by atoms with Gasteiger partial charge in [-0.3, -0.25) is 4.79 Å². The fourth-order valence-electron chi connectivity index (χ4n) is 1.18. The Hall–Kier alpha value is -0.840. The lowest BCUT2D eigenvalue weighted by Crippen LogP contribution is -2.31. The van der Waals surface area contributed by atoms with Gasteiger partial charge in [-0.15, -0.1) is 12.4 Å². The molecule has 0 radical (unpaired) electrons. The fraction of sp³-hybridized carbons (Fsp3) is 0.364. The van der Waals surface area contributed by atoms with Crippen LogP contribution in [0.25, 0.3) is 0 Å². The zero-order chi connectivity index (χ0) is 12.0. The lowest BCUT2D eigenvalue weighted by atomic mass is 10.2. The van der Waals surface area contributed by atoms with Crippen molar-refractivity contribution in [3.63, 3.8) is 0 Å². The third-order valence-corrected chi connectivity index (χ3v) is 2.33.